The van der Waals surface area contributed by atoms with E-state index in [1.807, 2.05) is 0 Å². The van der Waals surface area contributed by atoms with Crippen LogP contribution in [0.25, 0.3) is 0 Å². The van der Waals surface area contributed by atoms with Crippen molar-refractivity contribution in [3.05, 3.63) is 0 Å². The van der Waals surface area contributed by atoms with Gasteiger partial charge in [-0.2, -0.15) is 4.31 Å². The molecule has 2 N–H and O–H groups in total. The maximum absolute atomic E-state index is 11.8. The average molecular weight is 292 g/mol. The van der Waals surface area contributed by atoms with Crippen molar-refractivity contribution in [2.45, 2.75) is 18.4 Å². The summed E-state index contributed by atoms with van der Waals surface area (Å²) in [6.07, 6.45) is 0.670. The third-order valence-corrected chi connectivity index (χ3v) is 5.24. The lowest BCUT2D eigenvalue weighted by atomic mass is 9.99. The number of amides is 1. The normalized spacial score (nSPS) is 30.3. The van der Waals surface area contributed by atoms with Crippen LogP contribution in [-0.4, -0.2) is 67.3 Å². The lowest BCUT2D eigenvalue weighted by Gasteiger charge is -2.25. The molecule has 2 saturated heterocycles. The fourth-order valence-corrected chi connectivity index (χ4v) is 3.69. The molecule has 2 heterocycles. The first-order chi connectivity index (χ1) is 8.86. The molecule has 2 rings (SSSR count). The first kappa shape index (κ1) is 14.2. The van der Waals surface area contributed by atoms with Crippen molar-refractivity contribution in [3.8, 4) is 0 Å². The van der Waals surface area contributed by atoms with Gasteiger partial charge in [0.2, 0.25) is 15.9 Å². The van der Waals surface area contributed by atoms with Crippen molar-refractivity contribution in [1.82, 2.24) is 9.62 Å². The summed E-state index contributed by atoms with van der Waals surface area (Å²) in [5, 5.41) is 11.5. The molecule has 0 radical (unpaired) electrons. The second-order valence-corrected chi connectivity index (χ2v) is 6.83. The molecule has 2 aliphatic heterocycles. The molecular weight excluding hydrogens is 276 g/mol. The van der Waals surface area contributed by atoms with Crippen molar-refractivity contribution < 1.29 is 27.9 Å². The molecule has 0 aromatic heterocycles. The molecule has 2 fully saturated rings. The topological polar surface area (TPSA) is 113 Å². The van der Waals surface area contributed by atoms with Crippen LogP contribution in [-0.2, 0) is 24.3 Å². The van der Waals surface area contributed by atoms with Crippen LogP contribution >= 0.6 is 0 Å². The number of hydrogen-bond acceptors (Lipinski definition) is 5. The Morgan fingerprint density at radius 1 is 1.42 bits per heavy atom. The van der Waals surface area contributed by atoms with Crippen LogP contribution < -0.4 is 5.32 Å². The summed E-state index contributed by atoms with van der Waals surface area (Å²) in [7, 11) is -3.36. The summed E-state index contributed by atoms with van der Waals surface area (Å²) in [6, 6.07) is 0. The third kappa shape index (κ3) is 2.88. The fraction of sp³-hybridized carbons (Fsp3) is 0.800. The molecule has 0 bridgehead atoms. The molecule has 108 valence electrons. The molecule has 1 amide bonds. The first-order valence-corrected chi connectivity index (χ1v) is 7.57. The number of ether oxygens (including phenoxy) is 1. The van der Waals surface area contributed by atoms with Crippen molar-refractivity contribution in [3.63, 3.8) is 0 Å². The minimum Gasteiger partial charge on any atom is -0.479 e. The highest BCUT2D eigenvalue weighted by Gasteiger charge is 2.44. The van der Waals surface area contributed by atoms with Crippen LogP contribution in [0.15, 0.2) is 0 Å². The van der Waals surface area contributed by atoms with Crippen LogP contribution in [0.3, 0.4) is 0 Å². The van der Waals surface area contributed by atoms with Gasteiger partial charge in [0.05, 0.1) is 18.9 Å². The van der Waals surface area contributed by atoms with Gasteiger partial charge in [-0.25, -0.2) is 13.2 Å². The van der Waals surface area contributed by atoms with E-state index in [0.717, 1.165) is 4.31 Å². The van der Waals surface area contributed by atoms with Crippen LogP contribution in [0.5, 0.6) is 0 Å². The Bertz CT molecular complexity index is 482. The Morgan fingerprint density at radius 3 is 2.63 bits per heavy atom. The van der Waals surface area contributed by atoms with E-state index in [1.54, 1.807) is 0 Å². The highest BCUT2D eigenvalue weighted by Crippen LogP contribution is 2.19. The summed E-state index contributed by atoms with van der Waals surface area (Å²) in [5.41, 5.74) is -1.43. The van der Waals surface area contributed by atoms with E-state index in [-0.39, 0.29) is 31.9 Å². The number of carboxylic acids is 1. The molecule has 9 heteroatoms. The highest BCUT2D eigenvalue weighted by atomic mass is 32.2. The van der Waals surface area contributed by atoms with E-state index in [0.29, 0.717) is 13.0 Å². The molecule has 1 atom stereocenters. The van der Waals surface area contributed by atoms with Crippen molar-refractivity contribution in [2.75, 3.05) is 32.1 Å². The number of sulfonamides is 1. The molecule has 0 aliphatic carbocycles. The first-order valence-electron chi connectivity index (χ1n) is 5.96. The van der Waals surface area contributed by atoms with E-state index in [1.165, 1.54) is 0 Å². The van der Waals surface area contributed by atoms with E-state index in [9.17, 15) is 18.0 Å². The minimum absolute atomic E-state index is 0.0352. The van der Waals surface area contributed by atoms with Gasteiger partial charge in [-0.15, -0.1) is 0 Å². The number of rotatable bonds is 4. The summed E-state index contributed by atoms with van der Waals surface area (Å²) in [4.78, 5) is 23.0. The molecule has 0 aromatic carbocycles. The maximum atomic E-state index is 11.8. The Kier molecular flexibility index (Phi) is 3.79. The van der Waals surface area contributed by atoms with E-state index in [2.05, 4.69) is 5.32 Å². The Morgan fingerprint density at radius 2 is 2.16 bits per heavy atom. The van der Waals surface area contributed by atoms with Gasteiger partial charge in [-0.05, 0) is 6.42 Å². The molecule has 8 nitrogen and oxygen atoms in total. The van der Waals surface area contributed by atoms with Gasteiger partial charge in [-0.1, -0.05) is 0 Å². The van der Waals surface area contributed by atoms with Gasteiger partial charge in [0.15, 0.2) is 5.54 Å². The largest absolute Gasteiger partial charge is 0.479 e. The molecule has 0 saturated carbocycles. The Labute approximate surface area is 110 Å². The number of carboxylic acid groups (broad SMARTS) is 1. The smallest absolute Gasteiger partial charge is 0.331 e. The number of nitrogens with zero attached hydrogens (tertiary/aromatic N) is 1. The van der Waals surface area contributed by atoms with Gasteiger partial charge in [0, 0.05) is 19.6 Å². The van der Waals surface area contributed by atoms with E-state index >= 15 is 0 Å². The molecule has 19 heavy (non-hydrogen) atoms. The van der Waals surface area contributed by atoms with Crippen LogP contribution in [0.4, 0.5) is 0 Å². The number of hydrogen-bond donors (Lipinski definition) is 2. The summed E-state index contributed by atoms with van der Waals surface area (Å²) in [5.74, 6) is -1.74. The zero-order chi connectivity index (χ0) is 14.1. The van der Waals surface area contributed by atoms with Gasteiger partial charge in [0.1, 0.15) is 0 Å². The molecule has 0 aromatic rings. The molecule has 0 spiro atoms. The third-order valence-electron chi connectivity index (χ3n) is 3.33. The zero-order valence-corrected chi connectivity index (χ0v) is 11.1. The SMILES string of the molecule is O=C(CN1CCCS1(=O)=O)NC1(C(=O)O)CCOC1. The van der Waals surface area contributed by atoms with Gasteiger partial charge in [-0.3, -0.25) is 4.79 Å². The Balaban J connectivity index is 1.99. The fourth-order valence-electron chi connectivity index (χ4n) is 2.22. The second-order valence-electron chi connectivity index (χ2n) is 4.74. The molecular formula is C10H16N2O6S. The van der Waals surface area contributed by atoms with Gasteiger partial charge in [0.25, 0.3) is 0 Å². The predicted molar refractivity (Wildman–Crippen MR) is 63.9 cm³/mol. The predicted octanol–water partition coefficient (Wildman–Crippen LogP) is -1.62. The average Bonchev–Trinajstić information content (AvgIpc) is 2.88. The number of aliphatic carboxylic acids is 1. The number of nitrogens with one attached hydrogen (secondary N) is 1. The standard InChI is InChI=1S/C10H16N2O6S/c13-8(6-12-3-1-5-19(12,16)17)11-10(9(14)15)2-4-18-7-10/h1-7H2,(H,11,13)(H,14,15). The summed E-state index contributed by atoms with van der Waals surface area (Å²) in [6.45, 7) is 0.124. The zero-order valence-electron chi connectivity index (χ0n) is 10.3. The Hall–Kier alpha value is -1.19. The minimum atomic E-state index is -3.36. The molecule has 2 aliphatic rings. The van der Waals surface area contributed by atoms with Crippen LogP contribution in [0, 0.1) is 0 Å². The maximum Gasteiger partial charge on any atom is 0.331 e. The van der Waals surface area contributed by atoms with Gasteiger partial charge < -0.3 is 15.2 Å². The van der Waals surface area contributed by atoms with Crippen LogP contribution in [0.1, 0.15) is 12.8 Å². The lowest BCUT2D eigenvalue weighted by molar-refractivity contribution is -0.147. The monoisotopic (exact) mass is 292 g/mol. The van der Waals surface area contributed by atoms with Crippen LogP contribution in [0.2, 0.25) is 0 Å². The van der Waals surface area contributed by atoms with Crippen molar-refractivity contribution in [2.24, 2.45) is 0 Å². The van der Waals surface area contributed by atoms with Crippen molar-refractivity contribution >= 4 is 21.9 Å². The number of carbonyl (C=O) groups excluding carboxylic acids is 1. The van der Waals surface area contributed by atoms with E-state index < -0.39 is 27.4 Å². The van der Waals surface area contributed by atoms with Gasteiger partial charge >= 0.3 is 5.97 Å². The summed E-state index contributed by atoms with van der Waals surface area (Å²) >= 11 is 0. The van der Waals surface area contributed by atoms with E-state index in [4.69, 9.17) is 9.84 Å². The highest BCUT2D eigenvalue weighted by molar-refractivity contribution is 7.89. The summed E-state index contributed by atoms with van der Waals surface area (Å²) < 4.78 is 29.2. The van der Waals surface area contributed by atoms with Crippen molar-refractivity contribution in [1.29, 1.82) is 0 Å². The quantitative estimate of drug-likeness (QED) is 0.644. The second kappa shape index (κ2) is 5.06. The lowest BCUT2D eigenvalue weighted by Crippen LogP contribution is -2.57. The number of carbonyl (C=O) groups is 2. The molecule has 1 unspecified atom stereocenters.